The predicted molar refractivity (Wildman–Crippen MR) is 296 cm³/mol. The number of anilines is 1. The van der Waals surface area contributed by atoms with E-state index in [9.17, 15) is 53.3 Å². The van der Waals surface area contributed by atoms with Crippen molar-refractivity contribution in [1.82, 2.24) is 10.2 Å². The highest BCUT2D eigenvalue weighted by Crippen LogP contribution is 2.51. The number of hydrogen-bond acceptors (Lipinski definition) is 15. The van der Waals surface area contributed by atoms with Crippen LogP contribution in [0.2, 0.25) is 0 Å². The molecule has 3 amide bonds. The average Bonchev–Trinajstić information content (AvgIpc) is 4.15. The first-order chi connectivity index (χ1) is 37.6. The quantitative estimate of drug-likeness (QED) is 0.0274. The molecule has 7 rings (SSSR count). The zero-order chi connectivity index (χ0) is 58.4. The minimum absolute atomic E-state index is 0.0756. The van der Waals surface area contributed by atoms with E-state index < -0.39 is 53.0 Å². The van der Waals surface area contributed by atoms with E-state index in [1.165, 1.54) is 60.7 Å². The first kappa shape index (κ1) is 61.4. The Balaban J connectivity index is 1.04. The lowest BCUT2D eigenvalue weighted by Crippen LogP contribution is -2.38. The molecule has 1 aliphatic carbocycles. The molecule has 0 atom stereocenters. The zero-order valence-electron chi connectivity index (χ0n) is 45.8. The van der Waals surface area contributed by atoms with Crippen molar-refractivity contribution in [3.8, 4) is 5.75 Å². The second-order valence-electron chi connectivity index (χ2n) is 20.7. The number of benzene rings is 3. The Hall–Kier alpha value is -6.19. The van der Waals surface area contributed by atoms with Gasteiger partial charge in [-0.15, -0.1) is 0 Å². The van der Waals surface area contributed by atoms with Crippen molar-refractivity contribution in [2.75, 3.05) is 71.4 Å². The predicted octanol–water partition coefficient (Wildman–Crippen LogP) is 6.92. The van der Waals surface area contributed by atoms with Crippen molar-refractivity contribution in [1.29, 1.82) is 0 Å². The van der Waals surface area contributed by atoms with E-state index >= 15 is 0 Å². The molecule has 0 saturated carbocycles. The van der Waals surface area contributed by atoms with Gasteiger partial charge in [-0.05, 0) is 143 Å². The molecule has 3 heterocycles. The molecule has 0 spiro atoms. The number of imide groups is 1. The number of unbranched alkanes of at least 4 members (excludes halogenated alkanes) is 1. The van der Waals surface area contributed by atoms with Crippen LogP contribution in [-0.4, -0.2) is 138 Å². The lowest BCUT2D eigenvalue weighted by atomic mass is 9.80. The Morgan fingerprint density at radius 1 is 0.700 bits per heavy atom. The van der Waals surface area contributed by atoms with E-state index in [4.69, 9.17) is 23.8 Å². The maximum absolute atomic E-state index is 12.5. The molecule has 4 N–H and O–H groups in total. The molecule has 0 radical (unpaired) electrons. The van der Waals surface area contributed by atoms with Crippen LogP contribution in [-0.2, 0) is 74.6 Å². The van der Waals surface area contributed by atoms with Crippen LogP contribution in [0.15, 0.2) is 122 Å². The van der Waals surface area contributed by atoms with Crippen molar-refractivity contribution in [3.63, 3.8) is 0 Å². The maximum Gasteiger partial charge on any atom is 0.294 e. The fraction of sp³-hybridized carbons (Fsp3) is 0.429. The number of allylic oxidation sites excluding steroid dienone is 7. The summed E-state index contributed by atoms with van der Waals surface area (Å²) in [4.78, 5) is 42.1. The van der Waals surface area contributed by atoms with Crippen molar-refractivity contribution in [3.05, 3.63) is 130 Å². The van der Waals surface area contributed by atoms with Gasteiger partial charge in [-0.25, -0.2) is 5.06 Å². The second kappa shape index (κ2) is 25.3. The van der Waals surface area contributed by atoms with Crippen LogP contribution in [0, 0.1) is 13.8 Å². The summed E-state index contributed by atoms with van der Waals surface area (Å²) in [6.45, 7) is 13.4. The van der Waals surface area contributed by atoms with E-state index in [2.05, 4.69) is 5.32 Å². The summed E-state index contributed by atoms with van der Waals surface area (Å²) in [7, 11) is -11.7. The van der Waals surface area contributed by atoms with Crippen LogP contribution in [0.25, 0.3) is 0 Å². The van der Waals surface area contributed by atoms with Gasteiger partial charge in [0.2, 0.25) is 11.6 Å². The molecule has 80 heavy (non-hydrogen) atoms. The summed E-state index contributed by atoms with van der Waals surface area (Å²) in [5, 5.41) is 4.35. The van der Waals surface area contributed by atoms with Gasteiger partial charge >= 0.3 is 0 Å². The van der Waals surface area contributed by atoms with Crippen molar-refractivity contribution in [2.24, 2.45) is 0 Å². The number of ether oxygens (including phenoxy) is 4. The largest absolute Gasteiger partial charge is 0.457 e. The second-order valence-corrected chi connectivity index (χ2v) is 24.9. The first-order valence-corrected chi connectivity index (χ1v) is 30.3. The Labute approximate surface area is 467 Å². The minimum atomic E-state index is -4.59. The highest BCUT2D eigenvalue weighted by Gasteiger charge is 2.46. The molecule has 0 unspecified atom stereocenters. The number of rotatable bonds is 26. The van der Waals surface area contributed by atoms with Crippen LogP contribution in [0.5, 0.6) is 5.75 Å². The average molecular weight is 1170 g/mol. The molecular formula is C56H69N4O17S3+. The molecule has 24 heteroatoms. The molecule has 3 aromatic rings. The molecule has 0 aromatic heterocycles. The van der Waals surface area contributed by atoms with Crippen LogP contribution in [0.1, 0.15) is 88.5 Å². The Morgan fingerprint density at radius 2 is 1.27 bits per heavy atom. The first-order valence-electron chi connectivity index (χ1n) is 26.0. The van der Waals surface area contributed by atoms with Gasteiger partial charge in [0.1, 0.15) is 18.6 Å². The summed E-state index contributed by atoms with van der Waals surface area (Å²) in [6.07, 6.45) is 13.4. The van der Waals surface area contributed by atoms with Crippen LogP contribution < -0.4 is 15.1 Å². The summed E-state index contributed by atoms with van der Waals surface area (Å²) in [6, 6.07) is 11.1. The van der Waals surface area contributed by atoms with Crippen LogP contribution in [0.4, 0.5) is 11.4 Å². The Bertz CT molecular complexity index is 3430. The number of hydrogen-bond donors (Lipinski definition) is 4. The van der Waals surface area contributed by atoms with Gasteiger partial charge in [-0.1, -0.05) is 19.9 Å². The van der Waals surface area contributed by atoms with Gasteiger partial charge in [-0.3, -0.25) is 37.8 Å². The standard InChI is InChI=1S/C56H68N4O17S3/c1-37-33-43(79(67,68)69)35-45-52(37)58(7)47(55(45,3)4)20-14-39-11-10-12-40(54(39)77-41-16-18-42(19-17-41)78(64,65)66)15-21-48-56(5,6)46-36-44(80(70,71)72)34-38(2)53(46)60(48)76-32-31-75-30-29-74-28-27-73-26-9-8-13-49(61)57-24-25-59-50(62)22-23-51(59)63/h14-23,33-36H,8-13,24-32H2,1-7H3,(H3-,57,61,64,65,66,67,68,69,70,71,72)/p+1. The zero-order valence-corrected chi connectivity index (χ0v) is 48.3. The molecule has 432 valence electrons. The van der Waals surface area contributed by atoms with Crippen LogP contribution >= 0.6 is 0 Å². The normalized spacial score (nSPS) is 18.2. The number of carbonyl (C=O) groups is 3. The number of nitrogens with one attached hydrogen (secondary N) is 1. The monoisotopic (exact) mass is 1170 g/mol. The maximum atomic E-state index is 12.5. The number of amides is 3. The number of aryl methyl sites for hydroxylation is 2. The number of carbonyl (C=O) groups excluding carboxylic acids is 3. The summed E-state index contributed by atoms with van der Waals surface area (Å²) < 4.78 is 129. The van der Waals surface area contributed by atoms with Gasteiger partial charge in [0.15, 0.2) is 5.71 Å². The van der Waals surface area contributed by atoms with E-state index in [1.54, 1.807) is 18.9 Å². The minimum Gasteiger partial charge on any atom is -0.457 e. The van der Waals surface area contributed by atoms with Gasteiger partial charge < -0.3 is 24.3 Å². The van der Waals surface area contributed by atoms with E-state index in [-0.39, 0.29) is 72.3 Å². The SMILES string of the molecule is Cc1cc(S(=O)(=O)O)cc2c1N(OCCOCCOCCOCCCCC(=O)NCCN1C(=O)C=CC1=O)/C(=C/C=C1\CCCC(/C=C/C3=[N+](C)c4c(C)cc(S(=O)(=O)O)cc4C3(C)C)=C1Oc1ccc(S(=O)(=O)O)cc1)C2(C)C. The number of hydroxylamine groups is 1. The fourth-order valence-corrected chi connectivity index (χ4v) is 11.8. The van der Waals surface area contributed by atoms with Gasteiger partial charge in [0.05, 0.1) is 71.1 Å². The topological polar surface area (TPSA) is 282 Å². The summed E-state index contributed by atoms with van der Waals surface area (Å²) in [5.74, 6) is -0.200. The van der Waals surface area contributed by atoms with E-state index in [0.29, 0.717) is 91.3 Å². The third-order valence-corrected chi connectivity index (χ3v) is 16.8. The van der Waals surface area contributed by atoms with Crippen molar-refractivity contribution < 1.29 is 81.7 Å². The lowest BCUT2D eigenvalue weighted by Gasteiger charge is -2.27. The van der Waals surface area contributed by atoms with Crippen molar-refractivity contribution in [2.45, 2.75) is 106 Å². The Kier molecular flexibility index (Phi) is 19.4. The third-order valence-electron chi connectivity index (χ3n) is 14.3. The molecule has 3 aromatic carbocycles. The number of fused-ring (bicyclic) bond motifs is 2. The smallest absolute Gasteiger partial charge is 0.294 e. The fourth-order valence-electron chi connectivity index (χ4n) is 10.2. The molecule has 21 nitrogen and oxygen atoms in total. The lowest BCUT2D eigenvalue weighted by molar-refractivity contribution is -0.402. The highest BCUT2D eigenvalue weighted by atomic mass is 32.2. The van der Waals surface area contributed by atoms with Gasteiger partial charge in [-0.2, -0.15) is 29.8 Å². The highest BCUT2D eigenvalue weighted by molar-refractivity contribution is 7.86. The van der Waals surface area contributed by atoms with Crippen LogP contribution in [0.3, 0.4) is 0 Å². The van der Waals surface area contributed by atoms with E-state index in [0.717, 1.165) is 27.4 Å². The van der Waals surface area contributed by atoms with Crippen molar-refractivity contribution >= 4 is 65.2 Å². The van der Waals surface area contributed by atoms with E-state index in [1.807, 2.05) is 63.6 Å². The number of nitrogens with zero attached hydrogens (tertiary/aromatic N) is 3. The molecule has 0 saturated heterocycles. The molecule has 4 aliphatic rings. The molecule has 3 aliphatic heterocycles. The summed E-state index contributed by atoms with van der Waals surface area (Å²) in [5.41, 5.74) is 5.26. The third kappa shape index (κ3) is 14.5. The summed E-state index contributed by atoms with van der Waals surface area (Å²) >= 11 is 0. The molecular weight excluding hydrogens is 1100 g/mol. The Morgan fingerprint density at radius 3 is 1.89 bits per heavy atom. The van der Waals surface area contributed by atoms with Gasteiger partial charge in [0, 0.05) is 60.9 Å². The molecule has 0 bridgehead atoms. The van der Waals surface area contributed by atoms with Gasteiger partial charge in [0.25, 0.3) is 42.2 Å². The molecule has 0 fully saturated rings.